The molecular weight excluding hydrogens is 254 g/mol. The number of hydrogen-bond acceptors (Lipinski definition) is 4. The van der Waals surface area contributed by atoms with Crippen LogP contribution in [0.4, 0.5) is 0 Å². The Kier molecular flexibility index (Phi) is 3.58. The molecule has 1 atom stereocenters. The van der Waals surface area contributed by atoms with Gasteiger partial charge in [0.2, 0.25) is 0 Å². The zero-order valence-corrected chi connectivity index (χ0v) is 11.8. The summed E-state index contributed by atoms with van der Waals surface area (Å²) >= 11 is 0. The van der Waals surface area contributed by atoms with E-state index in [-0.39, 0.29) is 5.69 Å². The Morgan fingerprint density at radius 3 is 2.95 bits per heavy atom. The fourth-order valence-corrected chi connectivity index (χ4v) is 2.75. The van der Waals surface area contributed by atoms with Gasteiger partial charge >= 0.3 is 5.69 Å². The van der Waals surface area contributed by atoms with Crippen LogP contribution in [0, 0.1) is 5.92 Å². The van der Waals surface area contributed by atoms with E-state index in [9.17, 15) is 4.79 Å². The van der Waals surface area contributed by atoms with E-state index in [1.165, 1.54) is 17.5 Å². The van der Waals surface area contributed by atoms with Crippen molar-refractivity contribution in [2.45, 2.75) is 25.4 Å². The van der Waals surface area contributed by atoms with E-state index in [1.54, 1.807) is 10.6 Å². The Morgan fingerprint density at radius 1 is 1.50 bits per heavy atom. The first-order valence-electron chi connectivity index (χ1n) is 7.15. The van der Waals surface area contributed by atoms with Crippen molar-refractivity contribution in [2.75, 3.05) is 20.1 Å². The summed E-state index contributed by atoms with van der Waals surface area (Å²) in [4.78, 5) is 14.4. The summed E-state index contributed by atoms with van der Waals surface area (Å²) in [5.41, 5.74) is 6.46. The summed E-state index contributed by atoms with van der Waals surface area (Å²) in [7, 11) is 2.08. The topological polar surface area (TPSA) is 68.6 Å². The number of hydrogen-bond donors (Lipinski definition) is 1. The largest absolute Gasteiger partial charge is 0.350 e. The van der Waals surface area contributed by atoms with Gasteiger partial charge in [0.15, 0.2) is 5.65 Å². The average Bonchev–Trinajstić information content (AvgIpc) is 3.23. The molecule has 2 heterocycles. The molecule has 0 saturated heterocycles. The van der Waals surface area contributed by atoms with Crippen molar-refractivity contribution in [3.8, 4) is 0 Å². The fourth-order valence-electron chi connectivity index (χ4n) is 2.75. The number of nitrogens with two attached hydrogens (primary N) is 1. The molecule has 1 saturated carbocycles. The summed E-state index contributed by atoms with van der Waals surface area (Å²) in [6.07, 6.45) is 4.30. The predicted octanol–water partition coefficient (Wildman–Crippen LogP) is 0.165. The van der Waals surface area contributed by atoms with Crippen molar-refractivity contribution in [1.29, 1.82) is 0 Å². The van der Waals surface area contributed by atoms with Gasteiger partial charge in [0, 0.05) is 25.3 Å². The maximum atomic E-state index is 12.1. The van der Waals surface area contributed by atoms with Gasteiger partial charge in [-0.2, -0.15) is 0 Å². The monoisotopic (exact) mass is 275 g/mol. The zero-order valence-electron chi connectivity index (χ0n) is 11.8. The number of pyridine rings is 1. The first kappa shape index (κ1) is 13.3. The van der Waals surface area contributed by atoms with E-state index in [2.05, 4.69) is 17.0 Å². The molecule has 2 aromatic rings. The van der Waals surface area contributed by atoms with Gasteiger partial charge in [-0.15, -0.1) is 5.10 Å². The van der Waals surface area contributed by atoms with Gasteiger partial charge in [0.1, 0.15) is 0 Å². The molecule has 0 bridgehead atoms. The normalized spacial score (nSPS) is 16.9. The second-order valence-corrected chi connectivity index (χ2v) is 5.56. The van der Waals surface area contributed by atoms with Gasteiger partial charge < -0.3 is 10.6 Å². The lowest BCUT2D eigenvalue weighted by Crippen LogP contribution is -2.42. The van der Waals surface area contributed by atoms with Gasteiger partial charge in [0.25, 0.3) is 0 Å². The van der Waals surface area contributed by atoms with Crippen LogP contribution < -0.4 is 11.4 Å². The number of likely N-dealkylation sites (N-methyl/N-ethyl adjacent to an activating group) is 1. The van der Waals surface area contributed by atoms with Gasteiger partial charge in [0.05, 0.1) is 6.54 Å². The molecule has 0 aliphatic heterocycles. The van der Waals surface area contributed by atoms with E-state index in [1.807, 2.05) is 18.2 Å². The van der Waals surface area contributed by atoms with Crippen LogP contribution in [0.5, 0.6) is 0 Å². The summed E-state index contributed by atoms with van der Waals surface area (Å²) in [6.45, 7) is 2.07. The summed E-state index contributed by atoms with van der Waals surface area (Å²) < 4.78 is 3.10. The highest BCUT2D eigenvalue weighted by Gasteiger charge is 2.32. The molecule has 1 aliphatic rings. The highest BCUT2D eigenvalue weighted by atomic mass is 16.2. The first-order chi connectivity index (χ1) is 9.70. The number of fused-ring (bicyclic) bond motifs is 1. The molecule has 1 aliphatic carbocycles. The third-order valence-corrected chi connectivity index (χ3v) is 4.13. The predicted molar refractivity (Wildman–Crippen MR) is 77.6 cm³/mol. The van der Waals surface area contributed by atoms with Crippen LogP contribution in [-0.4, -0.2) is 45.3 Å². The molecule has 6 heteroatoms. The zero-order chi connectivity index (χ0) is 14.1. The molecular formula is C14H21N5O. The summed E-state index contributed by atoms with van der Waals surface area (Å²) in [5, 5.41) is 4.34. The van der Waals surface area contributed by atoms with E-state index in [0.29, 0.717) is 24.8 Å². The van der Waals surface area contributed by atoms with Gasteiger partial charge in [-0.25, -0.2) is 9.48 Å². The van der Waals surface area contributed by atoms with Crippen LogP contribution in [0.1, 0.15) is 12.8 Å². The minimum atomic E-state index is -0.0790. The molecule has 0 aromatic carbocycles. The molecule has 1 fully saturated rings. The molecule has 0 radical (unpaired) electrons. The van der Waals surface area contributed by atoms with E-state index in [4.69, 9.17) is 5.73 Å². The molecule has 3 rings (SSSR count). The highest BCUT2D eigenvalue weighted by molar-refractivity contribution is 5.35. The van der Waals surface area contributed by atoms with Crippen LogP contribution in [0.25, 0.3) is 5.65 Å². The minimum absolute atomic E-state index is 0.0790. The van der Waals surface area contributed by atoms with Crippen LogP contribution in [0.15, 0.2) is 29.2 Å². The Morgan fingerprint density at radius 2 is 2.30 bits per heavy atom. The first-order valence-corrected chi connectivity index (χ1v) is 7.15. The lowest BCUT2D eigenvalue weighted by molar-refractivity contribution is 0.212. The average molecular weight is 275 g/mol. The third kappa shape index (κ3) is 2.48. The van der Waals surface area contributed by atoms with Crippen molar-refractivity contribution >= 4 is 5.65 Å². The second kappa shape index (κ2) is 5.38. The lowest BCUT2D eigenvalue weighted by atomic mass is 10.1. The SMILES string of the molecule is CN(CCn1nc2ccccn2c1=O)C(CN)C1CC1. The molecule has 0 spiro atoms. The van der Waals surface area contributed by atoms with Crippen LogP contribution in [-0.2, 0) is 6.54 Å². The van der Waals surface area contributed by atoms with Crippen molar-refractivity contribution in [3.63, 3.8) is 0 Å². The molecule has 6 nitrogen and oxygen atoms in total. The fraction of sp³-hybridized carbons (Fsp3) is 0.571. The Balaban J connectivity index is 1.70. The van der Waals surface area contributed by atoms with Gasteiger partial charge in [-0.1, -0.05) is 6.07 Å². The van der Waals surface area contributed by atoms with E-state index < -0.39 is 0 Å². The number of aromatic nitrogens is 3. The summed E-state index contributed by atoms with van der Waals surface area (Å²) in [6, 6.07) is 6.00. The van der Waals surface area contributed by atoms with Crippen molar-refractivity contribution in [3.05, 3.63) is 34.9 Å². The van der Waals surface area contributed by atoms with Gasteiger partial charge in [-0.05, 0) is 37.9 Å². The maximum absolute atomic E-state index is 12.1. The minimum Gasteiger partial charge on any atom is -0.329 e. The Hall–Kier alpha value is -1.66. The Labute approximate surface area is 117 Å². The number of rotatable bonds is 6. The Bertz CT molecular complexity index is 642. The van der Waals surface area contributed by atoms with E-state index in [0.717, 1.165) is 12.5 Å². The molecule has 2 N–H and O–H groups in total. The standard InChI is InChI=1S/C14H21N5O/c1-17(12(10-15)11-5-6-11)8-9-19-14(20)18-7-3-2-4-13(18)16-19/h2-4,7,11-12H,5-6,8-10,15H2,1H3. The molecule has 20 heavy (non-hydrogen) atoms. The van der Waals surface area contributed by atoms with Crippen molar-refractivity contribution in [1.82, 2.24) is 19.1 Å². The quantitative estimate of drug-likeness (QED) is 0.815. The second-order valence-electron chi connectivity index (χ2n) is 5.56. The molecule has 1 unspecified atom stereocenters. The van der Waals surface area contributed by atoms with Crippen molar-refractivity contribution in [2.24, 2.45) is 11.7 Å². The molecule has 2 aromatic heterocycles. The third-order valence-electron chi connectivity index (χ3n) is 4.13. The highest BCUT2D eigenvalue weighted by Crippen LogP contribution is 2.34. The van der Waals surface area contributed by atoms with Crippen LogP contribution in [0.3, 0.4) is 0 Å². The molecule has 0 amide bonds. The number of nitrogens with zero attached hydrogens (tertiary/aromatic N) is 4. The van der Waals surface area contributed by atoms with Gasteiger partial charge in [-0.3, -0.25) is 4.40 Å². The summed E-state index contributed by atoms with van der Waals surface area (Å²) in [5.74, 6) is 0.739. The van der Waals surface area contributed by atoms with E-state index >= 15 is 0 Å². The molecule has 108 valence electrons. The maximum Gasteiger partial charge on any atom is 0.350 e. The smallest absolute Gasteiger partial charge is 0.329 e. The van der Waals surface area contributed by atoms with Crippen LogP contribution >= 0.6 is 0 Å². The lowest BCUT2D eigenvalue weighted by Gasteiger charge is -2.26. The van der Waals surface area contributed by atoms with Crippen molar-refractivity contribution < 1.29 is 0 Å². The van der Waals surface area contributed by atoms with Crippen LogP contribution in [0.2, 0.25) is 0 Å².